The Morgan fingerprint density at radius 2 is 1.90 bits per heavy atom. The van der Waals surface area contributed by atoms with Crippen molar-refractivity contribution in [1.29, 1.82) is 0 Å². The molecule has 3 rings (SSSR count). The molecule has 0 aliphatic carbocycles. The molecule has 3 amide bonds. The van der Waals surface area contributed by atoms with Gasteiger partial charge in [-0.25, -0.2) is 4.79 Å². The maximum Gasteiger partial charge on any atom is 0.322 e. The van der Waals surface area contributed by atoms with E-state index >= 15 is 0 Å². The SMILES string of the molecule is CN(C)CCN(Cc1ccc(C(=O)Nc2cscc2N)nc1)C(=O)Nc1ccsc1. The van der Waals surface area contributed by atoms with Crippen LogP contribution in [-0.4, -0.2) is 53.9 Å². The first-order valence-corrected chi connectivity index (χ1v) is 11.1. The monoisotopic (exact) mass is 444 g/mol. The van der Waals surface area contributed by atoms with Gasteiger partial charge in [-0.1, -0.05) is 6.07 Å². The second kappa shape index (κ2) is 10.2. The molecule has 4 N–H and O–H groups in total. The number of likely N-dealkylation sites (N-methyl/N-ethyl adjacent to an activating group) is 1. The molecule has 0 saturated carbocycles. The number of anilines is 3. The van der Waals surface area contributed by atoms with Gasteiger partial charge in [0.25, 0.3) is 5.91 Å². The van der Waals surface area contributed by atoms with Crippen molar-refractivity contribution in [2.24, 2.45) is 0 Å². The number of urea groups is 1. The minimum absolute atomic E-state index is 0.176. The van der Waals surface area contributed by atoms with Crippen molar-refractivity contribution in [2.75, 3.05) is 43.6 Å². The Balaban J connectivity index is 1.65. The molecule has 3 heterocycles. The van der Waals surface area contributed by atoms with Crippen LogP contribution in [0, 0.1) is 0 Å². The third-order valence-electron chi connectivity index (χ3n) is 4.25. The minimum atomic E-state index is -0.327. The lowest BCUT2D eigenvalue weighted by Gasteiger charge is -2.24. The Morgan fingerprint density at radius 3 is 2.50 bits per heavy atom. The molecule has 30 heavy (non-hydrogen) atoms. The Hall–Kier alpha value is -2.95. The number of nitrogens with zero attached hydrogens (tertiary/aromatic N) is 3. The second-order valence-corrected chi connectivity index (χ2v) is 8.44. The number of nitrogens with two attached hydrogens (primary N) is 1. The molecular weight excluding hydrogens is 420 g/mol. The fraction of sp³-hybridized carbons (Fsp3) is 0.250. The molecule has 0 spiro atoms. The summed E-state index contributed by atoms with van der Waals surface area (Å²) < 4.78 is 0. The molecule has 0 aliphatic heterocycles. The number of carbonyl (C=O) groups excluding carboxylic acids is 2. The average molecular weight is 445 g/mol. The van der Waals surface area contributed by atoms with Crippen molar-refractivity contribution in [1.82, 2.24) is 14.8 Å². The van der Waals surface area contributed by atoms with Crippen molar-refractivity contribution in [2.45, 2.75) is 6.54 Å². The highest BCUT2D eigenvalue weighted by Gasteiger charge is 2.16. The first-order valence-electron chi connectivity index (χ1n) is 9.23. The standard InChI is InChI=1S/C20H24N6O2S2/c1-25(2)6-7-26(20(28)23-15-5-8-29-11-15)10-14-3-4-17(22-9-14)19(27)24-18-13-30-12-16(18)21/h3-5,8-9,11-13H,6-7,10,21H2,1-2H3,(H,23,28)(H,24,27). The van der Waals surface area contributed by atoms with Gasteiger partial charge in [0.1, 0.15) is 5.69 Å². The van der Waals surface area contributed by atoms with E-state index in [1.165, 1.54) is 22.7 Å². The van der Waals surface area contributed by atoms with Crippen molar-refractivity contribution >= 4 is 51.7 Å². The van der Waals surface area contributed by atoms with E-state index in [0.29, 0.717) is 24.5 Å². The van der Waals surface area contributed by atoms with Gasteiger partial charge in [0, 0.05) is 42.0 Å². The van der Waals surface area contributed by atoms with Gasteiger partial charge in [0.05, 0.1) is 17.1 Å². The molecule has 0 unspecified atom stereocenters. The van der Waals surface area contributed by atoms with Crippen LogP contribution < -0.4 is 16.4 Å². The van der Waals surface area contributed by atoms with Crippen LogP contribution in [0.1, 0.15) is 16.1 Å². The van der Waals surface area contributed by atoms with Gasteiger partial charge in [0.15, 0.2) is 0 Å². The number of hydrogen-bond donors (Lipinski definition) is 3. The number of pyridine rings is 1. The van der Waals surface area contributed by atoms with E-state index in [2.05, 4.69) is 15.6 Å². The molecule has 0 bridgehead atoms. The van der Waals surface area contributed by atoms with E-state index < -0.39 is 0 Å². The lowest BCUT2D eigenvalue weighted by molar-refractivity contribution is 0.102. The van der Waals surface area contributed by atoms with Crippen LogP contribution in [0.3, 0.4) is 0 Å². The van der Waals surface area contributed by atoms with Crippen molar-refractivity contribution in [3.05, 3.63) is 57.2 Å². The van der Waals surface area contributed by atoms with Gasteiger partial charge < -0.3 is 26.2 Å². The van der Waals surface area contributed by atoms with Crippen LogP contribution in [0.5, 0.6) is 0 Å². The van der Waals surface area contributed by atoms with Gasteiger partial charge >= 0.3 is 6.03 Å². The summed E-state index contributed by atoms with van der Waals surface area (Å²) in [5, 5.41) is 13.0. The number of aromatic nitrogens is 1. The molecule has 0 aliphatic rings. The summed E-state index contributed by atoms with van der Waals surface area (Å²) in [7, 11) is 3.92. The zero-order valence-corrected chi connectivity index (χ0v) is 18.4. The minimum Gasteiger partial charge on any atom is -0.396 e. The highest BCUT2D eigenvalue weighted by Crippen LogP contribution is 2.23. The number of nitrogens with one attached hydrogen (secondary N) is 2. The van der Waals surface area contributed by atoms with Crippen LogP contribution in [-0.2, 0) is 6.54 Å². The quantitative estimate of drug-likeness (QED) is 0.492. The number of rotatable bonds is 8. The Kier molecular flexibility index (Phi) is 7.39. The highest BCUT2D eigenvalue weighted by atomic mass is 32.1. The smallest absolute Gasteiger partial charge is 0.322 e. The van der Waals surface area contributed by atoms with Crippen molar-refractivity contribution < 1.29 is 9.59 Å². The van der Waals surface area contributed by atoms with Crippen molar-refractivity contribution in [3.8, 4) is 0 Å². The first-order chi connectivity index (χ1) is 14.4. The molecule has 10 heteroatoms. The molecule has 0 fully saturated rings. The first kappa shape index (κ1) is 21.8. The lowest BCUT2D eigenvalue weighted by Crippen LogP contribution is -2.39. The summed E-state index contributed by atoms with van der Waals surface area (Å²) in [6.07, 6.45) is 1.62. The molecule has 158 valence electrons. The zero-order chi connectivity index (χ0) is 21.5. The van der Waals surface area contributed by atoms with Crippen molar-refractivity contribution in [3.63, 3.8) is 0 Å². The Morgan fingerprint density at radius 1 is 1.07 bits per heavy atom. The molecule has 0 atom stereocenters. The molecule has 8 nitrogen and oxygen atoms in total. The number of thiophene rings is 2. The van der Waals surface area contributed by atoms with E-state index in [1.807, 2.05) is 35.8 Å². The van der Waals surface area contributed by atoms with Crippen LogP contribution >= 0.6 is 22.7 Å². The number of nitrogen functional groups attached to an aromatic ring is 1. The van der Waals surface area contributed by atoms with E-state index in [-0.39, 0.29) is 17.6 Å². The summed E-state index contributed by atoms with van der Waals surface area (Å²) >= 11 is 2.94. The Labute approximate surface area is 183 Å². The third-order valence-corrected chi connectivity index (χ3v) is 5.69. The van der Waals surface area contributed by atoms with Crippen LogP contribution in [0.4, 0.5) is 21.9 Å². The largest absolute Gasteiger partial charge is 0.396 e. The normalized spacial score (nSPS) is 10.8. The molecule has 0 saturated heterocycles. The average Bonchev–Trinajstić information content (AvgIpc) is 3.37. The molecule has 0 aromatic carbocycles. The summed E-state index contributed by atoms with van der Waals surface area (Å²) in [5.74, 6) is -0.327. The molecule has 3 aromatic heterocycles. The number of hydrogen-bond acceptors (Lipinski definition) is 7. The third kappa shape index (κ3) is 6.02. The van der Waals surface area contributed by atoms with E-state index in [0.717, 1.165) is 17.8 Å². The summed E-state index contributed by atoms with van der Waals surface area (Å²) in [4.78, 5) is 33.1. The topological polar surface area (TPSA) is 104 Å². The molecule has 0 radical (unpaired) electrons. The predicted octanol–water partition coefficient (Wildman–Crippen LogP) is 3.63. The van der Waals surface area contributed by atoms with Gasteiger partial charge in [-0.05, 0) is 37.2 Å². The van der Waals surface area contributed by atoms with Gasteiger partial charge in [-0.2, -0.15) is 11.3 Å². The second-order valence-electron chi connectivity index (χ2n) is 6.91. The number of amides is 3. The zero-order valence-electron chi connectivity index (χ0n) is 16.8. The van der Waals surface area contributed by atoms with E-state index in [9.17, 15) is 9.59 Å². The van der Waals surface area contributed by atoms with Crippen LogP contribution in [0.2, 0.25) is 0 Å². The maximum atomic E-state index is 12.7. The van der Waals surface area contributed by atoms with Gasteiger partial charge in [0.2, 0.25) is 0 Å². The molecule has 3 aromatic rings. The summed E-state index contributed by atoms with van der Waals surface area (Å²) in [5.41, 5.74) is 8.80. The lowest BCUT2D eigenvalue weighted by atomic mass is 10.2. The fourth-order valence-corrected chi connectivity index (χ4v) is 3.84. The fourth-order valence-electron chi connectivity index (χ4n) is 2.58. The highest BCUT2D eigenvalue weighted by molar-refractivity contribution is 7.09. The molecular formula is C20H24N6O2S2. The van der Waals surface area contributed by atoms with Crippen LogP contribution in [0.25, 0.3) is 0 Å². The van der Waals surface area contributed by atoms with E-state index in [1.54, 1.807) is 34.0 Å². The summed E-state index contributed by atoms with van der Waals surface area (Å²) in [6, 6.07) is 5.14. The Bertz CT molecular complexity index is 970. The summed E-state index contributed by atoms with van der Waals surface area (Å²) in [6.45, 7) is 1.67. The maximum absolute atomic E-state index is 12.7. The van der Waals surface area contributed by atoms with E-state index in [4.69, 9.17) is 5.73 Å². The van der Waals surface area contributed by atoms with Gasteiger partial charge in [-0.15, -0.1) is 11.3 Å². The van der Waals surface area contributed by atoms with Gasteiger partial charge in [-0.3, -0.25) is 9.78 Å². The van der Waals surface area contributed by atoms with Crippen LogP contribution in [0.15, 0.2) is 45.9 Å². The number of carbonyl (C=O) groups is 2. The predicted molar refractivity (Wildman–Crippen MR) is 123 cm³/mol.